The maximum absolute atomic E-state index is 2.45. The molecule has 0 unspecified atom stereocenters. The summed E-state index contributed by atoms with van der Waals surface area (Å²) >= 11 is 0. The van der Waals surface area contributed by atoms with E-state index in [1.807, 2.05) is 0 Å². The first kappa shape index (κ1) is 35.0. The van der Waals surface area contributed by atoms with Crippen molar-refractivity contribution in [1.29, 1.82) is 0 Å². The molecule has 0 atom stereocenters. The normalized spacial score (nSPS) is 14.0. The fourth-order valence-electron chi connectivity index (χ4n) is 7.91. The molecule has 0 saturated heterocycles. The van der Waals surface area contributed by atoms with Gasteiger partial charge in [-0.25, -0.2) is 0 Å². The molecule has 4 heteroatoms. The molecule has 7 aromatic rings. The Hall–Kier alpha value is -6.78. The predicted octanol–water partition coefficient (Wildman–Crippen LogP) is 15.1. The highest BCUT2D eigenvalue weighted by Gasteiger charge is 2.24. The van der Waals surface area contributed by atoms with Crippen LogP contribution in [0.25, 0.3) is 0 Å². The predicted molar refractivity (Wildman–Crippen MR) is 238 cm³/mol. The van der Waals surface area contributed by atoms with Crippen molar-refractivity contribution in [3.8, 4) is 0 Å². The van der Waals surface area contributed by atoms with Crippen molar-refractivity contribution in [2.45, 2.75) is 40.5 Å². The Morgan fingerprint density at radius 1 is 0.286 bits per heavy atom. The van der Waals surface area contributed by atoms with E-state index in [0.717, 1.165) is 75.4 Å². The van der Waals surface area contributed by atoms with Crippen LogP contribution in [-0.2, 0) is 0 Å². The average molecular weight is 727 g/mol. The summed E-state index contributed by atoms with van der Waals surface area (Å²) in [7, 11) is 0. The monoisotopic (exact) mass is 726 g/mol. The van der Waals surface area contributed by atoms with Gasteiger partial charge in [0.1, 0.15) is 0 Å². The maximum Gasteiger partial charge on any atom is 0.0482 e. The number of allylic oxidation sites excluding steroid dienone is 4. The van der Waals surface area contributed by atoms with Crippen LogP contribution < -0.4 is 19.6 Å². The molecule has 9 rings (SSSR count). The lowest BCUT2D eigenvalue weighted by Crippen LogP contribution is -2.19. The lowest BCUT2D eigenvalue weighted by Gasteiger charge is -2.34. The van der Waals surface area contributed by atoms with Gasteiger partial charge in [-0.05, 0) is 156 Å². The molecule has 0 radical (unpaired) electrons. The zero-order valence-corrected chi connectivity index (χ0v) is 32.5. The number of benzene rings is 7. The molecule has 1 aliphatic carbocycles. The van der Waals surface area contributed by atoms with Crippen molar-refractivity contribution in [3.05, 3.63) is 210 Å². The van der Waals surface area contributed by atoms with Crippen LogP contribution in [0.5, 0.6) is 0 Å². The molecule has 0 amide bonds. The van der Waals surface area contributed by atoms with Gasteiger partial charge in [0, 0.05) is 68.3 Å². The Kier molecular flexibility index (Phi) is 9.24. The molecule has 0 saturated carbocycles. The lowest BCUT2D eigenvalue weighted by atomic mass is 10.0. The highest BCUT2D eigenvalue weighted by molar-refractivity contribution is 5.88. The standard InChI is InChI=1S/C52H46N4/c1-37-17-25-41(26-18-37)53-45-9-5-11-47(33-45)54(42-27-19-38(2)20-28-42)49-13-7-15-51(35-49)56(44-31-23-40(4)24-32-44)52-16-8-14-50(36-52)55(43-29-21-39(3)22-30-43)48-12-6-10-46(53)34-48/h5-23,25-31,33-36H,24,32H2,1-4H3. The summed E-state index contributed by atoms with van der Waals surface area (Å²) in [5, 5.41) is 0. The van der Waals surface area contributed by atoms with E-state index >= 15 is 0 Å². The summed E-state index contributed by atoms with van der Waals surface area (Å²) in [6.45, 7) is 8.66. The number of fused-ring (bicyclic) bond motifs is 8. The van der Waals surface area contributed by atoms with E-state index in [-0.39, 0.29) is 0 Å². The molecule has 1 aliphatic heterocycles. The van der Waals surface area contributed by atoms with Crippen LogP contribution in [0.2, 0.25) is 0 Å². The second-order valence-electron chi connectivity index (χ2n) is 15.1. The third kappa shape index (κ3) is 6.86. The second-order valence-corrected chi connectivity index (χ2v) is 15.1. The van der Waals surface area contributed by atoms with E-state index < -0.39 is 0 Å². The maximum atomic E-state index is 2.45. The minimum atomic E-state index is 0.957. The highest BCUT2D eigenvalue weighted by atomic mass is 15.2. The average Bonchev–Trinajstić information content (AvgIpc) is 3.22. The van der Waals surface area contributed by atoms with Crippen LogP contribution in [0.3, 0.4) is 0 Å². The van der Waals surface area contributed by atoms with Crippen LogP contribution in [-0.4, -0.2) is 0 Å². The van der Waals surface area contributed by atoms with Crippen LogP contribution in [0, 0.1) is 20.8 Å². The molecule has 1 heterocycles. The van der Waals surface area contributed by atoms with Gasteiger partial charge < -0.3 is 19.6 Å². The molecule has 0 N–H and O–H groups in total. The van der Waals surface area contributed by atoms with Crippen molar-refractivity contribution < 1.29 is 0 Å². The minimum Gasteiger partial charge on any atom is -0.314 e. The molecule has 2 aliphatic rings. The quantitative estimate of drug-likeness (QED) is 0.179. The topological polar surface area (TPSA) is 13.0 Å². The fourth-order valence-corrected chi connectivity index (χ4v) is 7.91. The molecule has 0 aromatic heterocycles. The smallest absolute Gasteiger partial charge is 0.0482 e. The Morgan fingerprint density at radius 2 is 0.571 bits per heavy atom. The Balaban J connectivity index is 1.35. The van der Waals surface area contributed by atoms with Crippen LogP contribution in [0.4, 0.5) is 62.6 Å². The number of rotatable bonds is 4. The van der Waals surface area contributed by atoms with Gasteiger partial charge in [0.2, 0.25) is 0 Å². The van der Waals surface area contributed by atoms with E-state index in [1.54, 1.807) is 0 Å². The molecule has 274 valence electrons. The van der Waals surface area contributed by atoms with E-state index in [4.69, 9.17) is 0 Å². The molecule has 8 bridgehead atoms. The zero-order chi connectivity index (χ0) is 38.2. The van der Waals surface area contributed by atoms with E-state index in [2.05, 4.69) is 229 Å². The van der Waals surface area contributed by atoms with Gasteiger partial charge >= 0.3 is 0 Å². The van der Waals surface area contributed by atoms with Gasteiger partial charge in [-0.15, -0.1) is 0 Å². The summed E-state index contributed by atoms with van der Waals surface area (Å²) in [6.07, 6.45) is 6.57. The third-order valence-corrected chi connectivity index (χ3v) is 10.9. The number of anilines is 11. The van der Waals surface area contributed by atoms with Crippen molar-refractivity contribution in [1.82, 2.24) is 0 Å². The SMILES string of the molecule is CC1=CC=C(N2c3cccc(c3)N(c3ccc(C)cc3)c3cccc(c3)N(c3ccc(C)cc3)c3cccc(c3)N(c3ccc(C)cc3)c3cccc2c3)CC1. The molecular formula is C52H46N4. The van der Waals surface area contributed by atoms with E-state index in [1.165, 1.54) is 28.0 Å². The van der Waals surface area contributed by atoms with Crippen molar-refractivity contribution in [2.24, 2.45) is 0 Å². The first-order valence-electron chi connectivity index (χ1n) is 19.6. The number of hydrogen-bond acceptors (Lipinski definition) is 4. The van der Waals surface area contributed by atoms with Gasteiger partial charge in [0.15, 0.2) is 0 Å². The molecule has 7 aromatic carbocycles. The molecule has 4 nitrogen and oxygen atoms in total. The number of nitrogens with zero attached hydrogens (tertiary/aromatic N) is 4. The largest absolute Gasteiger partial charge is 0.314 e. The summed E-state index contributed by atoms with van der Waals surface area (Å²) in [5.41, 5.74) is 18.4. The van der Waals surface area contributed by atoms with Crippen LogP contribution >= 0.6 is 0 Å². The number of aryl methyl sites for hydroxylation is 3. The Bertz CT molecular complexity index is 2440. The van der Waals surface area contributed by atoms with Gasteiger partial charge in [0.05, 0.1) is 0 Å². The summed E-state index contributed by atoms with van der Waals surface area (Å²) in [6, 6.07) is 62.5. The van der Waals surface area contributed by atoms with Crippen molar-refractivity contribution >= 4 is 62.6 Å². The Morgan fingerprint density at radius 3 is 0.839 bits per heavy atom. The summed E-state index contributed by atoms with van der Waals surface area (Å²) in [4.78, 5) is 9.59. The lowest BCUT2D eigenvalue weighted by molar-refractivity contribution is 0.874. The molecule has 0 fully saturated rings. The van der Waals surface area contributed by atoms with Crippen molar-refractivity contribution in [3.63, 3.8) is 0 Å². The third-order valence-electron chi connectivity index (χ3n) is 10.9. The van der Waals surface area contributed by atoms with E-state index in [0.29, 0.717) is 0 Å². The minimum absolute atomic E-state index is 0.957. The molecule has 0 spiro atoms. The van der Waals surface area contributed by atoms with Crippen LogP contribution in [0.15, 0.2) is 193 Å². The Labute approximate surface area is 331 Å². The fraction of sp³-hybridized carbons (Fsp3) is 0.115. The summed E-state index contributed by atoms with van der Waals surface area (Å²) < 4.78 is 0. The molecule has 56 heavy (non-hydrogen) atoms. The van der Waals surface area contributed by atoms with Gasteiger partial charge in [-0.2, -0.15) is 0 Å². The second kappa shape index (κ2) is 14.8. The first-order valence-corrected chi connectivity index (χ1v) is 19.6. The van der Waals surface area contributed by atoms with Crippen LogP contribution in [0.1, 0.15) is 36.5 Å². The first-order chi connectivity index (χ1) is 27.4. The zero-order valence-electron chi connectivity index (χ0n) is 32.5. The van der Waals surface area contributed by atoms with Gasteiger partial charge in [-0.1, -0.05) is 89.0 Å². The van der Waals surface area contributed by atoms with Crippen molar-refractivity contribution in [2.75, 3.05) is 19.6 Å². The number of hydrogen-bond donors (Lipinski definition) is 0. The summed E-state index contributed by atoms with van der Waals surface area (Å²) in [5.74, 6) is 0. The van der Waals surface area contributed by atoms with Gasteiger partial charge in [0.25, 0.3) is 0 Å². The molecular weight excluding hydrogens is 681 g/mol. The highest BCUT2D eigenvalue weighted by Crippen LogP contribution is 2.46. The van der Waals surface area contributed by atoms with E-state index in [9.17, 15) is 0 Å². The van der Waals surface area contributed by atoms with Gasteiger partial charge in [-0.3, -0.25) is 0 Å².